The molecule has 4 aromatic rings. The van der Waals surface area contributed by atoms with Crippen LogP contribution in [0.5, 0.6) is 23.0 Å². The molecule has 0 unspecified atom stereocenters. The maximum absolute atomic E-state index is 13.8. The Kier molecular flexibility index (Phi) is 11.7. The lowest BCUT2D eigenvalue weighted by molar-refractivity contribution is -0.232. The van der Waals surface area contributed by atoms with E-state index in [1.165, 1.54) is 12.2 Å². The molecule has 9 nitrogen and oxygen atoms in total. The fourth-order valence-corrected chi connectivity index (χ4v) is 12.9. The van der Waals surface area contributed by atoms with E-state index in [4.69, 9.17) is 33.2 Å². The van der Waals surface area contributed by atoms with Crippen LogP contribution >= 0.6 is 127 Å². The summed E-state index contributed by atoms with van der Waals surface area (Å²) in [6.45, 7) is 0. The average Bonchev–Trinajstić information content (AvgIpc) is 3.72. The van der Waals surface area contributed by atoms with Gasteiger partial charge in [-0.05, 0) is 198 Å². The summed E-state index contributed by atoms with van der Waals surface area (Å²) < 4.78 is 47.3. The molecule has 3 heterocycles. The topological polar surface area (TPSA) is 98.8 Å². The highest BCUT2D eigenvalue weighted by Gasteiger charge is 2.67. The molecule has 0 radical (unpaired) electrons. The van der Waals surface area contributed by atoms with Gasteiger partial charge in [-0.25, -0.2) is 9.59 Å². The number of halogens is 8. The van der Waals surface area contributed by atoms with Gasteiger partial charge in [0.2, 0.25) is 0 Å². The third kappa shape index (κ3) is 6.84. The molecule has 17 heteroatoms. The molecular formula is C38H22Br8O9. The zero-order valence-electron chi connectivity index (χ0n) is 28.5. The fraction of sp³-hybridized carbons (Fsp3) is 0.158. The number of benzene rings is 4. The molecule has 3 aliphatic heterocycles. The lowest BCUT2D eigenvalue weighted by Gasteiger charge is -2.34. The molecular weight excluding hydrogens is 1240 g/mol. The molecule has 0 bridgehead atoms. The van der Waals surface area contributed by atoms with Crippen LogP contribution in [0.1, 0.15) is 22.3 Å². The number of carbonyl (C=O) groups excluding carboxylic acids is 2. The largest absolute Gasteiger partial charge is 0.494 e. The highest BCUT2D eigenvalue weighted by Crippen LogP contribution is 2.65. The van der Waals surface area contributed by atoms with Crippen molar-refractivity contribution in [3.63, 3.8) is 0 Å². The summed E-state index contributed by atoms with van der Waals surface area (Å²) in [6.07, 6.45) is 2.73. The van der Waals surface area contributed by atoms with Crippen molar-refractivity contribution in [2.45, 2.75) is 11.6 Å². The van der Waals surface area contributed by atoms with Gasteiger partial charge in [-0.15, -0.1) is 0 Å². The second kappa shape index (κ2) is 15.7. The van der Waals surface area contributed by atoms with Crippen molar-refractivity contribution in [1.82, 2.24) is 0 Å². The van der Waals surface area contributed by atoms with Crippen molar-refractivity contribution in [3.8, 4) is 23.0 Å². The third-order valence-corrected chi connectivity index (χ3v) is 13.6. The van der Waals surface area contributed by atoms with Crippen molar-refractivity contribution in [2.24, 2.45) is 0 Å². The number of rotatable bonds is 8. The summed E-state index contributed by atoms with van der Waals surface area (Å²) in [4.78, 5) is 27.7. The predicted molar refractivity (Wildman–Crippen MR) is 235 cm³/mol. The minimum Gasteiger partial charge on any atom is -0.494 e. The number of hydrogen-bond donors (Lipinski definition) is 0. The first-order valence-corrected chi connectivity index (χ1v) is 22.0. The van der Waals surface area contributed by atoms with Gasteiger partial charge in [0.25, 0.3) is 11.6 Å². The van der Waals surface area contributed by atoms with Crippen LogP contribution in [0.25, 0.3) is 22.3 Å². The standard InChI is InChI=1S/C38H22Br8O9/c1-49-33-21(39)5-15(6-22(33)40)19-13-29(47)53-37(19)31(17-9-25(43)35(51-3)26(44)10-17)32(18-11-27(45)36(52-4)28(46)12-18)38(55-37)20(14-30(48)54-38)16-7-23(41)34(50-2)24(42)8-16/h5-14H,1-4H3/t37-,38-/m1/s1. The van der Waals surface area contributed by atoms with E-state index in [0.29, 0.717) is 103 Å². The van der Waals surface area contributed by atoms with Crippen LogP contribution in [-0.2, 0) is 23.8 Å². The molecule has 3 aliphatic rings. The second-order valence-corrected chi connectivity index (χ2v) is 18.8. The van der Waals surface area contributed by atoms with E-state index < -0.39 is 23.5 Å². The van der Waals surface area contributed by atoms with Gasteiger partial charge in [0.1, 0.15) is 23.0 Å². The predicted octanol–water partition coefficient (Wildman–Crippen LogP) is 12.4. The molecule has 284 valence electrons. The van der Waals surface area contributed by atoms with Crippen molar-refractivity contribution >= 4 is 162 Å². The number of methoxy groups -OCH3 is 4. The summed E-state index contributed by atoms with van der Waals surface area (Å²) in [7, 11) is 6.20. The van der Waals surface area contributed by atoms with Gasteiger partial charge in [0.15, 0.2) is 0 Å². The van der Waals surface area contributed by atoms with Gasteiger partial charge in [-0.3, -0.25) is 4.74 Å². The lowest BCUT2D eigenvalue weighted by Crippen LogP contribution is -2.41. The summed E-state index contributed by atoms with van der Waals surface area (Å²) in [5.41, 5.74) is 3.48. The lowest BCUT2D eigenvalue weighted by atomic mass is 9.81. The van der Waals surface area contributed by atoms with Gasteiger partial charge < -0.3 is 28.4 Å². The Morgan fingerprint density at radius 2 is 0.655 bits per heavy atom. The minimum absolute atomic E-state index is 0.319. The summed E-state index contributed by atoms with van der Waals surface area (Å²) >= 11 is 29.2. The monoisotopic (exact) mass is 1250 g/mol. The Labute approximate surface area is 382 Å². The zero-order chi connectivity index (χ0) is 39.7. The fourth-order valence-electron chi connectivity index (χ4n) is 6.87. The Hall–Kier alpha value is -1.96. The smallest absolute Gasteiger partial charge is 0.334 e. The van der Waals surface area contributed by atoms with E-state index in [2.05, 4.69) is 127 Å². The Bertz CT molecular complexity index is 2200. The maximum atomic E-state index is 13.8. The van der Waals surface area contributed by atoms with Crippen LogP contribution in [0.15, 0.2) is 96.5 Å². The zero-order valence-corrected chi connectivity index (χ0v) is 41.2. The van der Waals surface area contributed by atoms with E-state index in [9.17, 15) is 9.59 Å². The normalized spacial score (nSPS) is 20.2. The van der Waals surface area contributed by atoms with Crippen LogP contribution in [0, 0.1) is 0 Å². The third-order valence-electron chi connectivity index (χ3n) is 8.93. The Balaban J connectivity index is 1.66. The van der Waals surface area contributed by atoms with Gasteiger partial charge in [-0.2, -0.15) is 0 Å². The number of esters is 2. The molecule has 0 aromatic heterocycles. The van der Waals surface area contributed by atoms with Crippen molar-refractivity contribution in [3.05, 3.63) is 119 Å². The SMILES string of the molecule is COc1c(Br)cc(C2=CC(=O)O[C@@]23O[C@@]2(OC(=O)C=C2c2cc(Br)c(OC)c(Br)c2)C(c2cc(Br)c(OC)c(Br)c2)=C3c2cc(Br)c(OC)c(Br)c2)cc1Br. The Morgan fingerprint density at radius 3 is 0.891 bits per heavy atom. The molecule has 0 saturated heterocycles. The summed E-state index contributed by atoms with van der Waals surface area (Å²) in [5, 5.41) is 0. The van der Waals surface area contributed by atoms with Gasteiger partial charge in [0.05, 0.1) is 64.2 Å². The van der Waals surface area contributed by atoms with Crippen LogP contribution in [0.2, 0.25) is 0 Å². The summed E-state index contributed by atoms with van der Waals surface area (Å²) in [5.74, 6) is -3.34. The molecule has 4 aromatic carbocycles. The first kappa shape index (κ1) is 41.2. The quantitative estimate of drug-likeness (QED) is 0.160. The highest BCUT2D eigenvalue weighted by molar-refractivity contribution is 9.12. The van der Waals surface area contributed by atoms with Gasteiger partial charge in [-0.1, -0.05) is 0 Å². The van der Waals surface area contributed by atoms with E-state index in [-0.39, 0.29) is 0 Å². The maximum Gasteiger partial charge on any atom is 0.334 e. The molecule has 55 heavy (non-hydrogen) atoms. The van der Waals surface area contributed by atoms with Crippen LogP contribution in [0.4, 0.5) is 0 Å². The number of hydrogen-bond acceptors (Lipinski definition) is 9. The Morgan fingerprint density at radius 1 is 0.418 bits per heavy atom. The molecule has 0 amide bonds. The van der Waals surface area contributed by atoms with E-state index in [0.717, 1.165) is 0 Å². The van der Waals surface area contributed by atoms with E-state index >= 15 is 0 Å². The average molecular weight is 1260 g/mol. The van der Waals surface area contributed by atoms with Gasteiger partial charge in [0, 0.05) is 34.4 Å². The molecule has 0 saturated carbocycles. The van der Waals surface area contributed by atoms with Crippen LogP contribution in [0.3, 0.4) is 0 Å². The molecule has 0 fully saturated rings. The van der Waals surface area contributed by atoms with Gasteiger partial charge >= 0.3 is 11.9 Å². The number of carbonyl (C=O) groups is 2. The van der Waals surface area contributed by atoms with Crippen molar-refractivity contribution in [2.75, 3.05) is 28.4 Å². The molecule has 0 aliphatic carbocycles. The summed E-state index contributed by atoms with van der Waals surface area (Å²) in [6, 6.07) is 14.4. The van der Waals surface area contributed by atoms with Crippen LogP contribution < -0.4 is 18.9 Å². The van der Waals surface area contributed by atoms with Crippen LogP contribution in [-0.4, -0.2) is 52.0 Å². The van der Waals surface area contributed by atoms with E-state index in [1.807, 2.05) is 24.3 Å². The molecule has 0 N–H and O–H groups in total. The first-order valence-electron chi connectivity index (χ1n) is 15.6. The molecule has 7 rings (SSSR count). The second-order valence-electron chi connectivity index (χ2n) is 11.9. The first-order chi connectivity index (χ1) is 26.1. The number of ether oxygens (including phenoxy) is 7. The minimum atomic E-state index is -2.03. The van der Waals surface area contributed by atoms with Crippen molar-refractivity contribution < 1.29 is 42.7 Å². The van der Waals surface area contributed by atoms with Crippen molar-refractivity contribution in [1.29, 1.82) is 0 Å². The molecule has 2 atom stereocenters. The molecule has 2 spiro atoms. The highest BCUT2D eigenvalue weighted by atomic mass is 79.9. The van der Waals surface area contributed by atoms with E-state index in [1.54, 1.807) is 52.7 Å².